The molecule has 1 aromatic carbocycles. The third-order valence-corrected chi connectivity index (χ3v) is 4.08. The summed E-state index contributed by atoms with van der Waals surface area (Å²) in [6.45, 7) is 12.6. The molecule has 0 aromatic heterocycles. The van der Waals surface area contributed by atoms with Gasteiger partial charge in [-0.3, -0.25) is 4.99 Å². The van der Waals surface area contributed by atoms with Crippen molar-refractivity contribution in [1.82, 2.24) is 16.0 Å². The Bertz CT molecular complexity index is 745. The lowest BCUT2D eigenvalue weighted by molar-refractivity contribution is 0.0474. The van der Waals surface area contributed by atoms with E-state index < -0.39 is 17.2 Å². The van der Waals surface area contributed by atoms with Crippen LogP contribution in [0.25, 0.3) is 0 Å². The molecule has 0 aliphatic heterocycles. The number of carbonyl (C=O) groups excluding carboxylic acids is 1. The Hall–Kier alpha value is -2.35. The van der Waals surface area contributed by atoms with E-state index in [0.717, 1.165) is 5.56 Å². The summed E-state index contributed by atoms with van der Waals surface area (Å²) in [5.74, 6) is 1.69. The van der Waals surface area contributed by atoms with Crippen molar-refractivity contribution in [3.63, 3.8) is 0 Å². The van der Waals surface area contributed by atoms with E-state index in [2.05, 4.69) is 20.9 Å². The highest BCUT2D eigenvalue weighted by Crippen LogP contribution is 2.36. The number of guanidine groups is 1. The number of amides is 1. The number of nitrogens with zero attached hydrogens (tertiary/aromatic N) is 1. The summed E-state index contributed by atoms with van der Waals surface area (Å²) in [4.78, 5) is 16.2. The van der Waals surface area contributed by atoms with Crippen LogP contribution in [0.1, 0.15) is 47.1 Å². The van der Waals surface area contributed by atoms with E-state index in [1.54, 1.807) is 14.2 Å². The summed E-state index contributed by atoms with van der Waals surface area (Å²) in [7, 11) is 3.25. The first-order chi connectivity index (χ1) is 13.9. The van der Waals surface area contributed by atoms with Crippen LogP contribution in [0.4, 0.5) is 4.79 Å². The molecule has 0 unspecified atom stereocenters. The van der Waals surface area contributed by atoms with Crippen molar-refractivity contribution in [3.8, 4) is 11.5 Å². The Labute approximate surface area is 184 Å². The summed E-state index contributed by atoms with van der Waals surface area (Å²) in [6, 6.07) is 3.69. The van der Waals surface area contributed by atoms with Crippen LogP contribution >= 0.6 is 11.6 Å². The number of nitrogens with one attached hydrogen (secondary N) is 3. The molecule has 0 bridgehead atoms. The summed E-state index contributed by atoms with van der Waals surface area (Å²) in [5.41, 5.74) is -0.189. The highest BCUT2D eigenvalue weighted by Gasteiger charge is 2.24. The number of halogens is 1. The van der Waals surface area contributed by atoms with Gasteiger partial charge in [-0.1, -0.05) is 11.6 Å². The second kappa shape index (κ2) is 11.2. The molecule has 3 N–H and O–H groups in total. The molecule has 9 heteroatoms. The minimum atomic E-state index is -0.550. The number of carbonyl (C=O) groups is 1. The third kappa shape index (κ3) is 8.98. The topological polar surface area (TPSA) is 93.2 Å². The van der Waals surface area contributed by atoms with Gasteiger partial charge in [0.25, 0.3) is 0 Å². The van der Waals surface area contributed by atoms with Gasteiger partial charge < -0.3 is 30.2 Å². The van der Waals surface area contributed by atoms with Gasteiger partial charge in [-0.25, -0.2) is 4.79 Å². The minimum absolute atomic E-state index is 0.444. The molecule has 0 saturated carbocycles. The maximum Gasteiger partial charge on any atom is 0.408 e. The lowest BCUT2D eigenvalue weighted by atomic mass is 10.1. The second-order valence-corrected chi connectivity index (χ2v) is 8.74. The second-order valence-electron chi connectivity index (χ2n) is 8.33. The molecular weight excluding hydrogens is 408 g/mol. The zero-order valence-electron chi connectivity index (χ0n) is 19.2. The predicted molar refractivity (Wildman–Crippen MR) is 121 cm³/mol. The summed E-state index contributed by atoms with van der Waals surface area (Å²) >= 11 is 6.33. The van der Waals surface area contributed by atoms with Crippen molar-refractivity contribution in [1.29, 1.82) is 0 Å². The van der Waals surface area contributed by atoms with Crippen molar-refractivity contribution in [2.45, 2.75) is 59.2 Å². The quantitative estimate of drug-likeness (QED) is 0.419. The molecule has 0 saturated heterocycles. The molecule has 1 aromatic rings. The third-order valence-electron chi connectivity index (χ3n) is 3.80. The van der Waals surface area contributed by atoms with Gasteiger partial charge in [0.2, 0.25) is 0 Å². The monoisotopic (exact) mass is 442 g/mol. The molecule has 0 aliphatic carbocycles. The van der Waals surface area contributed by atoms with Gasteiger partial charge in [0.1, 0.15) is 5.60 Å². The van der Waals surface area contributed by atoms with Gasteiger partial charge in [0.05, 0.1) is 24.3 Å². The zero-order valence-corrected chi connectivity index (χ0v) is 20.0. The molecule has 0 atom stereocenters. The van der Waals surface area contributed by atoms with Gasteiger partial charge in [-0.15, -0.1) is 0 Å². The molecule has 0 spiro atoms. The van der Waals surface area contributed by atoms with Gasteiger partial charge in [-0.2, -0.15) is 0 Å². The van der Waals surface area contributed by atoms with Gasteiger partial charge in [0, 0.05) is 20.1 Å². The molecule has 0 heterocycles. The Morgan fingerprint density at radius 2 is 1.83 bits per heavy atom. The number of alkyl carbamates (subject to hydrolysis) is 1. The zero-order chi connectivity index (χ0) is 22.9. The number of hydrogen-bond acceptors (Lipinski definition) is 5. The lowest BCUT2D eigenvalue weighted by Gasteiger charge is -2.29. The predicted octanol–water partition coefficient (Wildman–Crippen LogP) is 3.72. The van der Waals surface area contributed by atoms with Gasteiger partial charge in [0.15, 0.2) is 17.5 Å². The molecule has 0 radical (unpaired) electrons. The molecule has 30 heavy (non-hydrogen) atoms. The summed E-state index contributed by atoms with van der Waals surface area (Å²) < 4.78 is 16.2. The normalized spacial score (nSPS) is 12.2. The maximum atomic E-state index is 12.0. The number of aliphatic imine (C=N–C) groups is 1. The Morgan fingerprint density at radius 1 is 1.17 bits per heavy atom. The average Bonchev–Trinajstić information content (AvgIpc) is 2.61. The van der Waals surface area contributed by atoms with E-state index in [-0.39, 0.29) is 0 Å². The van der Waals surface area contributed by atoms with Crippen LogP contribution < -0.4 is 25.4 Å². The SMILES string of the molecule is CCOc1c(Cl)cc(CNC(=NC)NCC(C)(C)NC(=O)OC(C)(C)C)cc1OC. The van der Waals surface area contributed by atoms with E-state index in [9.17, 15) is 4.79 Å². The number of benzene rings is 1. The van der Waals surface area contributed by atoms with Crippen molar-refractivity contribution in [2.75, 3.05) is 27.3 Å². The minimum Gasteiger partial charge on any atom is -0.493 e. The van der Waals surface area contributed by atoms with Gasteiger partial charge in [-0.05, 0) is 59.2 Å². The number of rotatable bonds is 8. The lowest BCUT2D eigenvalue weighted by Crippen LogP contribution is -2.54. The molecule has 1 rings (SSSR count). The van der Waals surface area contributed by atoms with Crippen molar-refractivity contribution >= 4 is 23.7 Å². The van der Waals surface area contributed by atoms with Crippen LogP contribution in [0.15, 0.2) is 17.1 Å². The fourth-order valence-corrected chi connectivity index (χ4v) is 2.78. The summed E-state index contributed by atoms with van der Waals surface area (Å²) in [6.07, 6.45) is -0.464. The number of hydrogen-bond donors (Lipinski definition) is 3. The van der Waals surface area contributed by atoms with Crippen LogP contribution in [0.2, 0.25) is 5.02 Å². The molecule has 170 valence electrons. The van der Waals surface area contributed by atoms with Crippen LogP contribution in [-0.2, 0) is 11.3 Å². The fourth-order valence-electron chi connectivity index (χ4n) is 2.49. The smallest absolute Gasteiger partial charge is 0.408 e. The first-order valence-electron chi connectivity index (χ1n) is 9.85. The Kier molecular flexibility index (Phi) is 9.55. The Balaban J connectivity index is 2.67. The Morgan fingerprint density at radius 3 is 2.37 bits per heavy atom. The summed E-state index contributed by atoms with van der Waals surface area (Å²) in [5, 5.41) is 9.76. The number of ether oxygens (including phenoxy) is 3. The molecule has 1 amide bonds. The highest BCUT2D eigenvalue weighted by atomic mass is 35.5. The first-order valence-corrected chi connectivity index (χ1v) is 10.2. The fraction of sp³-hybridized carbons (Fsp3) is 0.619. The van der Waals surface area contributed by atoms with Gasteiger partial charge >= 0.3 is 6.09 Å². The van der Waals surface area contributed by atoms with E-state index in [1.165, 1.54) is 0 Å². The first kappa shape index (κ1) is 25.7. The van der Waals surface area contributed by atoms with Crippen molar-refractivity contribution in [3.05, 3.63) is 22.7 Å². The molecule has 8 nitrogen and oxygen atoms in total. The van der Waals surface area contributed by atoms with Crippen molar-refractivity contribution in [2.24, 2.45) is 4.99 Å². The number of methoxy groups -OCH3 is 1. The largest absolute Gasteiger partial charge is 0.493 e. The average molecular weight is 443 g/mol. The van der Waals surface area contributed by atoms with Crippen LogP contribution in [0, 0.1) is 0 Å². The molecular formula is C21H35ClN4O4. The highest BCUT2D eigenvalue weighted by molar-refractivity contribution is 6.32. The van der Waals surface area contributed by atoms with E-state index >= 15 is 0 Å². The van der Waals surface area contributed by atoms with E-state index in [0.29, 0.717) is 42.2 Å². The van der Waals surface area contributed by atoms with Crippen molar-refractivity contribution < 1.29 is 19.0 Å². The molecule has 0 aliphatic rings. The van der Waals surface area contributed by atoms with Crippen LogP contribution in [0.5, 0.6) is 11.5 Å². The van der Waals surface area contributed by atoms with E-state index in [1.807, 2.05) is 53.7 Å². The molecule has 0 fully saturated rings. The van der Waals surface area contributed by atoms with Crippen LogP contribution in [-0.4, -0.2) is 50.5 Å². The maximum absolute atomic E-state index is 12.0. The van der Waals surface area contributed by atoms with E-state index in [4.69, 9.17) is 25.8 Å². The van der Waals surface area contributed by atoms with Crippen LogP contribution in [0.3, 0.4) is 0 Å². The standard InChI is InChI=1S/C21H35ClN4O4/c1-9-29-17-15(22)10-14(11-16(17)28-8)12-24-18(23-7)25-13-21(5,6)26-19(27)30-20(2,3)4/h10-11H,9,12-13H2,1-8H3,(H,26,27)(H2,23,24,25).